The van der Waals surface area contributed by atoms with Crippen LogP contribution in [0, 0.1) is 0 Å². The molecule has 1 aromatic carbocycles. The Morgan fingerprint density at radius 1 is 1.05 bits per heavy atom. The van der Waals surface area contributed by atoms with Gasteiger partial charge in [0.25, 0.3) is 0 Å². The van der Waals surface area contributed by atoms with Gasteiger partial charge in [-0.3, -0.25) is 5.01 Å². The van der Waals surface area contributed by atoms with Gasteiger partial charge in [0.2, 0.25) is 0 Å². The van der Waals surface area contributed by atoms with Gasteiger partial charge in [-0.15, -0.1) is 0 Å². The van der Waals surface area contributed by atoms with Crippen LogP contribution in [0.5, 0.6) is 0 Å². The van der Waals surface area contributed by atoms with Crippen LogP contribution in [0.25, 0.3) is 0 Å². The van der Waals surface area contributed by atoms with E-state index in [0.29, 0.717) is 0 Å². The van der Waals surface area contributed by atoms with Gasteiger partial charge in [0.05, 0.1) is 17.9 Å². The van der Waals surface area contributed by atoms with Crippen molar-refractivity contribution in [1.29, 1.82) is 0 Å². The lowest BCUT2D eigenvalue weighted by Crippen LogP contribution is -2.49. The molecule has 1 aromatic rings. The van der Waals surface area contributed by atoms with E-state index in [9.17, 15) is 4.79 Å². The van der Waals surface area contributed by atoms with Gasteiger partial charge in [0, 0.05) is 24.6 Å². The average Bonchev–Trinajstić information content (AvgIpc) is 2.79. The Balaban J connectivity index is 1.63. The molecule has 22 heavy (non-hydrogen) atoms. The summed E-state index contributed by atoms with van der Waals surface area (Å²) in [5.74, 6) is 0. The molecule has 4 rings (SSSR count). The van der Waals surface area contributed by atoms with Gasteiger partial charge in [-0.2, -0.15) is 0 Å². The fraction of sp³-hybridized carbons (Fsp3) is 0.353. The van der Waals surface area contributed by atoms with Gasteiger partial charge >= 0.3 is 6.03 Å². The van der Waals surface area contributed by atoms with Crippen LogP contribution in [0.15, 0.2) is 48.4 Å². The maximum absolute atomic E-state index is 12.3. The largest absolute Gasteiger partial charge is 0.348 e. The molecule has 0 radical (unpaired) electrons. The number of allylic oxidation sites excluding steroid dienone is 2. The van der Waals surface area contributed by atoms with Crippen LogP contribution in [0.4, 0.5) is 16.2 Å². The zero-order chi connectivity index (χ0) is 14.9. The molecule has 2 aliphatic heterocycles. The number of hydrogen-bond acceptors (Lipinski definition) is 3. The van der Waals surface area contributed by atoms with Gasteiger partial charge < -0.3 is 10.2 Å². The zero-order valence-corrected chi connectivity index (χ0v) is 12.5. The highest BCUT2D eigenvalue weighted by Gasteiger charge is 2.30. The average molecular weight is 296 g/mol. The predicted molar refractivity (Wildman–Crippen MR) is 87.0 cm³/mol. The molecular formula is C17H20N4O. The van der Waals surface area contributed by atoms with Gasteiger partial charge in [0.1, 0.15) is 0 Å². The SMILES string of the molecule is O=C1Nc2ccccc2N2CCN(C3=CCCCC3)C=CN12. The Morgan fingerprint density at radius 3 is 2.82 bits per heavy atom. The molecule has 1 aliphatic carbocycles. The van der Waals surface area contributed by atoms with Crippen molar-refractivity contribution in [2.24, 2.45) is 0 Å². The number of hydrazine groups is 1. The number of carbonyl (C=O) groups excluding carboxylic acids is 1. The first-order valence-electron chi connectivity index (χ1n) is 7.93. The second-order valence-corrected chi connectivity index (χ2v) is 5.85. The fourth-order valence-corrected chi connectivity index (χ4v) is 3.32. The first-order chi connectivity index (χ1) is 10.8. The molecule has 2 amide bonds. The summed E-state index contributed by atoms with van der Waals surface area (Å²) in [5.41, 5.74) is 3.31. The van der Waals surface area contributed by atoms with E-state index in [-0.39, 0.29) is 6.03 Å². The Bertz CT molecular complexity index is 652. The molecule has 0 saturated heterocycles. The van der Waals surface area contributed by atoms with Crippen LogP contribution >= 0.6 is 0 Å². The van der Waals surface area contributed by atoms with Crippen molar-refractivity contribution in [2.45, 2.75) is 25.7 Å². The van der Waals surface area contributed by atoms with Gasteiger partial charge in [-0.05, 0) is 37.8 Å². The van der Waals surface area contributed by atoms with Gasteiger partial charge in [-0.25, -0.2) is 9.80 Å². The summed E-state index contributed by atoms with van der Waals surface area (Å²) in [5, 5.41) is 6.66. The molecular weight excluding hydrogens is 276 g/mol. The third-order valence-electron chi connectivity index (χ3n) is 4.47. The Morgan fingerprint density at radius 2 is 1.95 bits per heavy atom. The molecule has 0 saturated carbocycles. The number of benzene rings is 1. The number of urea groups is 1. The summed E-state index contributed by atoms with van der Waals surface area (Å²) in [6.07, 6.45) is 11.1. The van der Waals surface area contributed by atoms with Crippen molar-refractivity contribution in [1.82, 2.24) is 9.91 Å². The van der Waals surface area contributed by atoms with Crippen molar-refractivity contribution < 1.29 is 4.79 Å². The number of fused-ring (bicyclic) bond motifs is 3. The minimum Gasteiger partial charge on any atom is -0.348 e. The van der Waals surface area contributed by atoms with Crippen LogP contribution in [-0.2, 0) is 0 Å². The van der Waals surface area contributed by atoms with Gasteiger partial charge in [0.15, 0.2) is 0 Å². The second kappa shape index (κ2) is 5.40. The number of rotatable bonds is 1. The number of nitrogens with zero attached hydrogens (tertiary/aromatic N) is 3. The highest BCUT2D eigenvalue weighted by Crippen LogP contribution is 2.33. The summed E-state index contributed by atoms with van der Waals surface area (Å²) in [4.78, 5) is 14.6. The summed E-state index contributed by atoms with van der Waals surface area (Å²) >= 11 is 0. The third kappa shape index (κ3) is 2.22. The normalized spacial score (nSPS) is 20.8. The van der Waals surface area contributed by atoms with Crippen molar-refractivity contribution in [2.75, 3.05) is 23.4 Å². The molecule has 0 bridgehead atoms. The number of carbonyl (C=O) groups is 1. The van der Waals surface area contributed by atoms with Crippen LogP contribution in [0.1, 0.15) is 25.7 Å². The predicted octanol–water partition coefficient (Wildman–Crippen LogP) is 3.50. The highest BCUT2D eigenvalue weighted by atomic mass is 16.2. The van der Waals surface area contributed by atoms with E-state index in [4.69, 9.17) is 0 Å². The molecule has 5 heteroatoms. The maximum Gasteiger partial charge on any atom is 0.345 e. The minimum atomic E-state index is -0.102. The lowest BCUT2D eigenvalue weighted by Gasteiger charge is -2.38. The summed E-state index contributed by atoms with van der Waals surface area (Å²) in [6, 6.07) is 7.84. The minimum absolute atomic E-state index is 0.102. The van der Waals surface area contributed by atoms with E-state index in [2.05, 4.69) is 16.3 Å². The summed E-state index contributed by atoms with van der Waals surface area (Å²) in [7, 11) is 0. The Labute approximate surface area is 130 Å². The number of nitrogens with one attached hydrogen (secondary N) is 1. The standard InChI is InChI=1S/C17H20N4O/c22-17-18-15-8-4-5-9-16(15)20-12-10-19(11-13-21(17)20)14-6-2-1-3-7-14/h4-6,8-9,11,13H,1-3,7,10,12H2,(H,18,22). The molecule has 0 atom stereocenters. The Hall–Kier alpha value is -2.43. The number of amides is 2. The van der Waals surface area contributed by atoms with Crippen molar-refractivity contribution in [3.63, 3.8) is 0 Å². The smallest absolute Gasteiger partial charge is 0.345 e. The number of para-hydroxylation sites is 2. The van der Waals surface area contributed by atoms with Crippen LogP contribution < -0.4 is 10.3 Å². The van der Waals surface area contributed by atoms with Crippen molar-refractivity contribution in [3.8, 4) is 0 Å². The molecule has 0 spiro atoms. The van der Waals surface area contributed by atoms with Crippen LogP contribution in [-0.4, -0.2) is 29.0 Å². The van der Waals surface area contributed by atoms with Gasteiger partial charge in [-0.1, -0.05) is 18.2 Å². The Kier molecular flexibility index (Phi) is 3.25. The molecule has 2 heterocycles. The monoisotopic (exact) mass is 296 g/mol. The van der Waals surface area contributed by atoms with Crippen LogP contribution in [0.3, 0.4) is 0 Å². The molecule has 1 N–H and O–H groups in total. The van der Waals surface area contributed by atoms with Crippen molar-refractivity contribution >= 4 is 17.4 Å². The zero-order valence-electron chi connectivity index (χ0n) is 12.5. The summed E-state index contributed by atoms with van der Waals surface area (Å²) in [6.45, 7) is 1.68. The lowest BCUT2D eigenvalue weighted by molar-refractivity contribution is 0.223. The molecule has 0 aromatic heterocycles. The summed E-state index contributed by atoms with van der Waals surface area (Å²) < 4.78 is 0. The topological polar surface area (TPSA) is 38.8 Å². The van der Waals surface area contributed by atoms with Crippen LogP contribution in [0.2, 0.25) is 0 Å². The maximum atomic E-state index is 12.3. The van der Waals surface area contributed by atoms with E-state index >= 15 is 0 Å². The molecule has 0 fully saturated rings. The van der Waals surface area contributed by atoms with Crippen molar-refractivity contribution in [3.05, 3.63) is 48.4 Å². The quantitative estimate of drug-likeness (QED) is 0.862. The van der Waals surface area contributed by atoms with E-state index in [1.807, 2.05) is 41.7 Å². The first-order valence-corrected chi connectivity index (χ1v) is 7.93. The lowest BCUT2D eigenvalue weighted by atomic mass is 10.0. The second-order valence-electron chi connectivity index (χ2n) is 5.85. The van der Waals surface area contributed by atoms with E-state index in [0.717, 1.165) is 37.3 Å². The molecule has 114 valence electrons. The first kappa shape index (κ1) is 13.2. The van der Waals surface area contributed by atoms with E-state index in [1.165, 1.54) is 18.5 Å². The highest BCUT2D eigenvalue weighted by molar-refractivity contribution is 5.98. The van der Waals surface area contributed by atoms with E-state index < -0.39 is 0 Å². The molecule has 3 aliphatic rings. The molecule has 0 unspecified atom stereocenters. The third-order valence-corrected chi connectivity index (χ3v) is 4.47. The van der Waals surface area contributed by atoms with E-state index in [1.54, 1.807) is 5.01 Å². The fourth-order valence-electron chi connectivity index (χ4n) is 3.32. The number of anilines is 2. The molecule has 5 nitrogen and oxygen atoms in total. The number of hydrogen-bond donors (Lipinski definition) is 1.